The van der Waals surface area contributed by atoms with Crippen molar-refractivity contribution >= 4 is 23.0 Å². The van der Waals surface area contributed by atoms with Gasteiger partial charge in [0.05, 0.1) is 10.6 Å². The van der Waals surface area contributed by atoms with Crippen LogP contribution >= 0.6 is 0 Å². The molecule has 1 amide bonds. The van der Waals surface area contributed by atoms with Crippen molar-refractivity contribution in [2.45, 2.75) is 6.92 Å². The number of rotatable bonds is 4. The van der Waals surface area contributed by atoms with Crippen molar-refractivity contribution in [2.24, 2.45) is 10.2 Å². The van der Waals surface area contributed by atoms with Gasteiger partial charge in [0.1, 0.15) is 5.56 Å². The maximum atomic E-state index is 11.9. The lowest BCUT2D eigenvalue weighted by Crippen LogP contribution is -2.22. The summed E-state index contributed by atoms with van der Waals surface area (Å²) in [5, 5.41) is 30.3. The van der Waals surface area contributed by atoms with E-state index >= 15 is 0 Å². The number of carbonyl (C=O) groups is 1. The third-order valence-corrected chi connectivity index (χ3v) is 3.17. The number of pyridine rings is 1. The van der Waals surface area contributed by atoms with Gasteiger partial charge >= 0.3 is 0 Å². The van der Waals surface area contributed by atoms with Gasteiger partial charge in [-0.05, 0) is 13.0 Å². The molecule has 24 heavy (non-hydrogen) atoms. The molecule has 0 radical (unpaired) electrons. The Morgan fingerprint density at radius 3 is 2.71 bits per heavy atom. The van der Waals surface area contributed by atoms with Crippen molar-refractivity contribution < 1.29 is 14.8 Å². The summed E-state index contributed by atoms with van der Waals surface area (Å²) in [5.74, 6) is -1.18. The molecule has 124 valence electrons. The van der Waals surface area contributed by atoms with E-state index in [1.54, 1.807) is 0 Å². The molecule has 3 N–H and O–H groups in total. The molecule has 0 saturated heterocycles. The first-order chi connectivity index (χ1) is 11.3. The van der Waals surface area contributed by atoms with Crippen LogP contribution in [0.4, 0.5) is 17.1 Å². The first-order valence-corrected chi connectivity index (χ1v) is 6.69. The van der Waals surface area contributed by atoms with Gasteiger partial charge in [-0.25, -0.2) is 0 Å². The van der Waals surface area contributed by atoms with Crippen molar-refractivity contribution in [1.82, 2.24) is 10.3 Å². The van der Waals surface area contributed by atoms with Gasteiger partial charge in [-0.15, -0.1) is 5.11 Å². The summed E-state index contributed by atoms with van der Waals surface area (Å²) in [6.07, 6.45) is 0. The summed E-state index contributed by atoms with van der Waals surface area (Å²) >= 11 is 0. The lowest BCUT2D eigenvalue weighted by atomic mass is 10.1. The fraction of sp³-hybridized carbons (Fsp3) is 0.143. The average Bonchev–Trinajstić information content (AvgIpc) is 2.54. The van der Waals surface area contributed by atoms with E-state index < -0.39 is 22.3 Å². The molecule has 0 atom stereocenters. The second-order valence-electron chi connectivity index (χ2n) is 4.71. The maximum Gasteiger partial charge on any atom is 0.278 e. The third kappa shape index (κ3) is 3.27. The molecule has 0 aliphatic rings. The SMILES string of the molecule is CNC(=O)c1c(O)[nH]c(=O)c(N=Nc2cccc([N+](=O)[O-])c2)c1C. The van der Waals surface area contributed by atoms with Gasteiger partial charge in [-0.3, -0.25) is 24.7 Å². The number of nitro benzene ring substituents is 1. The van der Waals surface area contributed by atoms with Gasteiger partial charge in [-0.1, -0.05) is 6.07 Å². The number of azo groups is 1. The van der Waals surface area contributed by atoms with Gasteiger partial charge in [-0.2, -0.15) is 5.11 Å². The highest BCUT2D eigenvalue weighted by Crippen LogP contribution is 2.26. The molecule has 1 aromatic carbocycles. The first kappa shape index (κ1) is 16.8. The Kier molecular flexibility index (Phi) is 4.68. The number of benzene rings is 1. The smallest absolute Gasteiger partial charge is 0.278 e. The number of hydrogen-bond donors (Lipinski definition) is 3. The molecule has 10 nitrogen and oxygen atoms in total. The lowest BCUT2D eigenvalue weighted by Gasteiger charge is -2.08. The number of H-pyrrole nitrogens is 1. The molecule has 2 rings (SSSR count). The maximum absolute atomic E-state index is 11.9. The minimum Gasteiger partial charge on any atom is -0.494 e. The van der Waals surface area contributed by atoms with Gasteiger partial charge in [0.2, 0.25) is 5.88 Å². The van der Waals surface area contributed by atoms with Crippen molar-refractivity contribution in [1.29, 1.82) is 0 Å². The standard InChI is InChI=1S/C14H13N5O5/c1-7-10(12(20)15-2)13(21)16-14(22)11(7)18-17-8-4-3-5-9(6-8)19(23)24/h3-6H,1-2H3,(H,15,20)(H2,16,21,22). The van der Waals surface area contributed by atoms with Crippen molar-refractivity contribution in [3.8, 4) is 5.88 Å². The van der Waals surface area contributed by atoms with Gasteiger partial charge in [0.25, 0.3) is 17.2 Å². The minimum atomic E-state index is -0.744. The fourth-order valence-electron chi connectivity index (χ4n) is 2.00. The molecular formula is C14H13N5O5. The van der Waals surface area contributed by atoms with E-state index in [2.05, 4.69) is 20.5 Å². The lowest BCUT2D eigenvalue weighted by molar-refractivity contribution is -0.384. The Bertz CT molecular complexity index is 903. The van der Waals surface area contributed by atoms with E-state index in [9.17, 15) is 24.8 Å². The number of aromatic amines is 1. The number of nitrogens with zero attached hydrogens (tertiary/aromatic N) is 3. The van der Waals surface area contributed by atoms with Crippen molar-refractivity contribution in [3.05, 3.63) is 55.9 Å². The van der Waals surface area contributed by atoms with Crippen LogP contribution in [0.2, 0.25) is 0 Å². The molecule has 10 heteroatoms. The Morgan fingerprint density at radius 2 is 2.08 bits per heavy atom. The van der Waals surface area contributed by atoms with Crippen LogP contribution in [-0.2, 0) is 0 Å². The molecule has 0 aliphatic heterocycles. The fourth-order valence-corrected chi connectivity index (χ4v) is 2.00. The molecule has 1 aromatic heterocycles. The molecule has 0 spiro atoms. The van der Waals surface area contributed by atoms with Crippen molar-refractivity contribution in [2.75, 3.05) is 7.05 Å². The number of carbonyl (C=O) groups excluding carboxylic acids is 1. The predicted molar refractivity (Wildman–Crippen MR) is 84.1 cm³/mol. The summed E-state index contributed by atoms with van der Waals surface area (Å²) in [6, 6.07) is 5.38. The normalized spacial score (nSPS) is 10.8. The summed E-state index contributed by atoms with van der Waals surface area (Å²) in [5.41, 5.74) is -0.939. The summed E-state index contributed by atoms with van der Waals surface area (Å²) in [7, 11) is 1.37. The van der Waals surface area contributed by atoms with Gasteiger partial charge in [0.15, 0.2) is 5.69 Å². The molecule has 0 unspecified atom stereocenters. The van der Waals surface area contributed by atoms with Crippen LogP contribution in [-0.4, -0.2) is 28.0 Å². The third-order valence-electron chi connectivity index (χ3n) is 3.17. The molecule has 0 saturated carbocycles. The first-order valence-electron chi connectivity index (χ1n) is 6.69. The second-order valence-corrected chi connectivity index (χ2v) is 4.71. The number of nitro groups is 1. The molecule has 0 fully saturated rings. The van der Waals surface area contributed by atoms with Crippen LogP contribution in [0.5, 0.6) is 5.88 Å². The van der Waals surface area contributed by atoms with E-state index in [1.807, 2.05) is 0 Å². The second kappa shape index (κ2) is 6.69. The topological polar surface area (TPSA) is 150 Å². The summed E-state index contributed by atoms with van der Waals surface area (Å²) in [6.45, 7) is 1.43. The van der Waals surface area contributed by atoms with E-state index in [-0.39, 0.29) is 28.2 Å². The van der Waals surface area contributed by atoms with Gasteiger partial charge < -0.3 is 10.4 Å². The highest BCUT2D eigenvalue weighted by Gasteiger charge is 2.19. The minimum absolute atomic E-state index is 0.129. The van der Waals surface area contributed by atoms with E-state index in [0.29, 0.717) is 0 Å². The van der Waals surface area contributed by atoms with Crippen LogP contribution in [0.25, 0.3) is 0 Å². The zero-order chi connectivity index (χ0) is 17.9. The van der Waals surface area contributed by atoms with E-state index in [0.717, 1.165) is 0 Å². The average molecular weight is 331 g/mol. The van der Waals surface area contributed by atoms with Crippen LogP contribution in [0.3, 0.4) is 0 Å². The van der Waals surface area contributed by atoms with E-state index in [1.165, 1.54) is 38.2 Å². The van der Waals surface area contributed by atoms with Crippen molar-refractivity contribution in [3.63, 3.8) is 0 Å². The predicted octanol–water partition coefficient (Wildman–Crippen LogP) is 2.07. The Hall–Kier alpha value is -3.56. The monoisotopic (exact) mass is 331 g/mol. The number of aromatic hydroxyl groups is 1. The quantitative estimate of drug-likeness (QED) is 0.445. The van der Waals surface area contributed by atoms with Crippen LogP contribution in [0.15, 0.2) is 39.3 Å². The van der Waals surface area contributed by atoms with Gasteiger partial charge in [0, 0.05) is 24.7 Å². The van der Waals surface area contributed by atoms with Crippen LogP contribution in [0, 0.1) is 17.0 Å². The van der Waals surface area contributed by atoms with E-state index in [4.69, 9.17) is 0 Å². The number of non-ortho nitro benzene ring substituents is 1. The van der Waals surface area contributed by atoms with Crippen LogP contribution < -0.4 is 10.9 Å². The Labute approximate surface area is 135 Å². The molecule has 0 bridgehead atoms. The number of nitrogens with one attached hydrogen (secondary N) is 2. The number of hydrogen-bond acceptors (Lipinski definition) is 7. The zero-order valence-electron chi connectivity index (χ0n) is 12.7. The summed E-state index contributed by atoms with van der Waals surface area (Å²) < 4.78 is 0. The largest absolute Gasteiger partial charge is 0.494 e. The molecule has 0 aliphatic carbocycles. The van der Waals surface area contributed by atoms with Crippen LogP contribution in [0.1, 0.15) is 15.9 Å². The number of amides is 1. The zero-order valence-corrected chi connectivity index (χ0v) is 12.7. The molecule has 1 heterocycles. The summed E-state index contributed by atoms with van der Waals surface area (Å²) in [4.78, 5) is 35.9. The number of aromatic nitrogens is 1. The molecular weight excluding hydrogens is 318 g/mol. The Balaban J connectivity index is 2.50. The highest BCUT2D eigenvalue weighted by molar-refractivity contribution is 5.98. The highest BCUT2D eigenvalue weighted by atomic mass is 16.6. The molecule has 2 aromatic rings. The Morgan fingerprint density at radius 1 is 1.38 bits per heavy atom.